The Bertz CT molecular complexity index is 1130. The highest BCUT2D eigenvalue weighted by Gasteiger charge is 2.53. The number of amides is 3. The van der Waals surface area contributed by atoms with Crippen molar-refractivity contribution in [3.8, 4) is 0 Å². The number of fused-ring (bicyclic) bond motifs is 1. The number of carbonyl (C=O) groups is 4. The zero-order valence-corrected chi connectivity index (χ0v) is 19.3. The highest BCUT2D eigenvalue weighted by molar-refractivity contribution is 6.30. The fraction of sp³-hybridized carbons (Fsp3) is 0.308. The van der Waals surface area contributed by atoms with Gasteiger partial charge in [-0.3, -0.25) is 19.2 Å². The Hall–Kier alpha value is -3.25. The van der Waals surface area contributed by atoms with Gasteiger partial charge in [0.05, 0.1) is 11.8 Å². The summed E-state index contributed by atoms with van der Waals surface area (Å²) in [5.41, 5.74) is 1.69. The van der Waals surface area contributed by atoms with Gasteiger partial charge in [-0.25, -0.2) is 5.01 Å². The summed E-state index contributed by atoms with van der Waals surface area (Å²) in [6.07, 6.45) is 3.12. The van der Waals surface area contributed by atoms with Crippen LogP contribution in [0.15, 0.2) is 66.2 Å². The van der Waals surface area contributed by atoms with Crippen LogP contribution < -0.4 is 0 Å². The minimum atomic E-state index is -1.02. The zero-order valence-electron chi connectivity index (χ0n) is 18.5. The highest BCUT2D eigenvalue weighted by atomic mass is 35.5. The minimum absolute atomic E-state index is 0.233. The van der Waals surface area contributed by atoms with E-state index < -0.39 is 35.6 Å². The number of hydrogen-bond acceptors (Lipinski definition) is 4. The van der Waals surface area contributed by atoms with Crippen molar-refractivity contribution >= 4 is 35.1 Å². The average molecular weight is 465 g/mol. The van der Waals surface area contributed by atoms with Crippen molar-refractivity contribution < 1.29 is 19.2 Å². The SMILES string of the molecule is CC[C@H](C(=O)c1ccccc1)N(C(=O)c1ccc(Cl)cc1)N1C(=O)[C@H]2CC=C(C)C[C@@H]2C1=O. The second-order valence-electron chi connectivity index (χ2n) is 8.50. The van der Waals surface area contributed by atoms with E-state index in [0.29, 0.717) is 23.4 Å². The first-order valence-electron chi connectivity index (χ1n) is 11.0. The van der Waals surface area contributed by atoms with Gasteiger partial charge in [0.15, 0.2) is 5.78 Å². The number of hydrogen-bond donors (Lipinski definition) is 0. The molecule has 0 bridgehead atoms. The zero-order chi connectivity index (χ0) is 23.7. The largest absolute Gasteiger partial charge is 0.292 e. The van der Waals surface area contributed by atoms with E-state index >= 15 is 0 Å². The number of benzene rings is 2. The standard InChI is InChI=1S/C26H25ClN2O4/c1-3-22(23(30)17-7-5-4-6-8-17)28(24(31)18-10-12-19(27)13-11-18)29-25(32)20-14-9-16(2)15-21(20)26(29)33/h4-13,20-22H,3,14-15H2,1-2H3/t20-,21-,22+/m0/s1. The summed E-state index contributed by atoms with van der Waals surface area (Å²) in [6.45, 7) is 3.69. The van der Waals surface area contributed by atoms with Gasteiger partial charge in [-0.05, 0) is 50.5 Å². The fourth-order valence-electron chi connectivity index (χ4n) is 4.59. The van der Waals surface area contributed by atoms with Crippen molar-refractivity contribution in [2.24, 2.45) is 11.8 Å². The number of Topliss-reactive ketones (excluding diaryl/α,β-unsaturated/α-hetero) is 1. The van der Waals surface area contributed by atoms with Gasteiger partial charge >= 0.3 is 0 Å². The van der Waals surface area contributed by atoms with Crippen LogP contribution in [0, 0.1) is 11.8 Å². The Kier molecular flexibility index (Phi) is 6.47. The van der Waals surface area contributed by atoms with E-state index in [1.165, 1.54) is 12.1 Å². The van der Waals surface area contributed by atoms with Gasteiger partial charge in [0.1, 0.15) is 6.04 Å². The third-order valence-corrected chi connectivity index (χ3v) is 6.61. The molecule has 2 aromatic carbocycles. The number of carbonyl (C=O) groups excluding carboxylic acids is 4. The van der Waals surface area contributed by atoms with Gasteiger partial charge in [-0.15, -0.1) is 0 Å². The maximum atomic E-state index is 13.7. The topological polar surface area (TPSA) is 74.8 Å². The van der Waals surface area contributed by atoms with Crippen molar-refractivity contribution in [1.29, 1.82) is 0 Å². The van der Waals surface area contributed by atoms with Crippen LogP contribution in [-0.2, 0) is 9.59 Å². The van der Waals surface area contributed by atoms with Crippen LogP contribution in [0.4, 0.5) is 0 Å². The number of halogens is 1. The Morgan fingerprint density at radius 3 is 2.27 bits per heavy atom. The van der Waals surface area contributed by atoms with E-state index in [-0.39, 0.29) is 17.8 Å². The molecule has 1 aliphatic carbocycles. The van der Waals surface area contributed by atoms with Crippen molar-refractivity contribution in [2.45, 2.75) is 39.2 Å². The van der Waals surface area contributed by atoms with Gasteiger partial charge in [0, 0.05) is 16.1 Å². The van der Waals surface area contributed by atoms with E-state index in [1.54, 1.807) is 49.4 Å². The van der Waals surface area contributed by atoms with Crippen LogP contribution in [0.2, 0.25) is 5.02 Å². The first-order valence-corrected chi connectivity index (χ1v) is 11.4. The van der Waals surface area contributed by atoms with Crippen LogP contribution in [0.3, 0.4) is 0 Å². The van der Waals surface area contributed by atoms with Crippen molar-refractivity contribution in [3.63, 3.8) is 0 Å². The molecule has 3 amide bonds. The Balaban J connectivity index is 1.78. The molecule has 0 spiro atoms. The summed E-state index contributed by atoms with van der Waals surface area (Å²) >= 11 is 5.98. The van der Waals surface area contributed by atoms with Gasteiger partial charge < -0.3 is 0 Å². The molecule has 1 fully saturated rings. The molecule has 1 saturated heterocycles. The predicted molar refractivity (Wildman–Crippen MR) is 124 cm³/mol. The number of rotatable bonds is 6. The molecule has 4 rings (SSSR count). The predicted octanol–water partition coefficient (Wildman–Crippen LogP) is 4.70. The van der Waals surface area contributed by atoms with Crippen LogP contribution in [0.25, 0.3) is 0 Å². The molecule has 7 heteroatoms. The van der Waals surface area contributed by atoms with E-state index in [9.17, 15) is 19.2 Å². The molecular formula is C26H25ClN2O4. The van der Waals surface area contributed by atoms with E-state index in [4.69, 9.17) is 11.6 Å². The summed E-state index contributed by atoms with van der Waals surface area (Å²) in [6, 6.07) is 13.8. The third-order valence-electron chi connectivity index (χ3n) is 6.36. The van der Waals surface area contributed by atoms with Crippen LogP contribution in [0.1, 0.15) is 53.8 Å². The average Bonchev–Trinajstić information content (AvgIpc) is 3.06. The molecule has 0 unspecified atom stereocenters. The Morgan fingerprint density at radius 1 is 1.00 bits per heavy atom. The number of ketones is 1. The van der Waals surface area contributed by atoms with Crippen molar-refractivity contribution in [1.82, 2.24) is 10.0 Å². The number of allylic oxidation sites excluding steroid dienone is 2. The van der Waals surface area contributed by atoms with Crippen molar-refractivity contribution in [3.05, 3.63) is 82.4 Å². The summed E-state index contributed by atoms with van der Waals surface area (Å²) < 4.78 is 0. The Morgan fingerprint density at radius 2 is 1.64 bits per heavy atom. The summed E-state index contributed by atoms with van der Waals surface area (Å²) in [5, 5.41) is 2.47. The van der Waals surface area contributed by atoms with Gasteiger partial charge in [-0.1, -0.05) is 60.5 Å². The first-order chi connectivity index (χ1) is 15.8. The molecule has 6 nitrogen and oxygen atoms in total. The molecule has 1 aliphatic heterocycles. The van der Waals surface area contributed by atoms with E-state index in [0.717, 1.165) is 15.6 Å². The molecule has 2 aromatic rings. The normalized spacial score (nSPS) is 20.8. The minimum Gasteiger partial charge on any atom is -0.292 e. The van der Waals surface area contributed by atoms with Gasteiger partial charge in [0.2, 0.25) is 0 Å². The van der Waals surface area contributed by atoms with Crippen LogP contribution in [-0.4, -0.2) is 39.6 Å². The Labute approximate surface area is 197 Å². The van der Waals surface area contributed by atoms with Gasteiger partial charge in [0.25, 0.3) is 17.7 Å². The molecule has 170 valence electrons. The summed E-state index contributed by atoms with van der Waals surface area (Å²) in [5.74, 6) is -2.83. The van der Waals surface area contributed by atoms with Crippen LogP contribution >= 0.6 is 11.6 Å². The molecule has 33 heavy (non-hydrogen) atoms. The quantitative estimate of drug-likeness (QED) is 0.353. The number of hydrazine groups is 1. The third kappa shape index (κ3) is 4.23. The lowest BCUT2D eigenvalue weighted by molar-refractivity contribution is -0.156. The second kappa shape index (κ2) is 9.32. The number of imide groups is 1. The maximum absolute atomic E-state index is 13.7. The number of nitrogens with zero attached hydrogens (tertiary/aromatic N) is 2. The monoisotopic (exact) mass is 464 g/mol. The molecule has 3 atom stereocenters. The lowest BCUT2D eigenvalue weighted by atomic mass is 9.82. The lowest BCUT2D eigenvalue weighted by Gasteiger charge is -2.36. The fourth-order valence-corrected chi connectivity index (χ4v) is 4.72. The molecule has 0 radical (unpaired) electrons. The lowest BCUT2D eigenvalue weighted by Crippen LogP contribution is -2.57. The summed E-state index contributed by atoms with van der Waals surface area (Å²) in [4.78, 5) is 54.1. The maximum Gasteiger partial charge on any atom is 0.273 e. The van der Waals surface area contributed by atoms with E-state index in [2.05, 4.69) is 0 Å². The molecule has 2 aliphatic rings. The molecule has 0 N–H and O–H groups in total. The van der Waals surface area contributed by atoms with Gasteiger partial charge in [-0.2, -0.15) is 5.01 Å². The molecule has 0 saturated carbocycles. The molecule has 0 aromatic heterocycles. The smallest absolute Gasteiger partial charge is 0.273 e. The first kappa shape index (κ1) is 22.9. The molecule has 1 heterocycles. The summed E-state index contributed by atoms with van der Waals surface area (Å²) in [7, 11) is 0. The van der Waals surface area contributed by atoms with Crippen LogP contribution in [0.5, 0.6) is 0 Å². The van der Waals surface area contributed by atoms with Crippen molar-refractivity contribution in [2.75, 3.05) is 0 Å². The highest BCUT2D eigenvalue weighted by Crippen LogP contribution is 2.39. The van der Waals surface area contributed by atoms with E-state index in [1.807, 2.05) is 13.0 Å². The molecular weight excluding hydrogens is 440 g/mol. The second-order valence-corrected chi connectivity index (χ2v) is 8.94.